The monoisotopic (exact) mass is 443 g/mol. The number of benzene rings is 1. The first-order chi connectivity index (χ1) is 15.0. The molecule has 3 N–H and O–H groups in total. The molecule has 2 aromatic rings. The molecule has 2 aliphatic rings. The quantitative estimate of drug-likeness (QED) is 0.639. The van der Waals surface area contributed by atoms with Crippen molar-refractivity contribution in [2.75, 3.05) is 26.3 Å². The maximum absolute atomic E-state index is 13.2. The highest BCUT2D eigenvalue weighted by molar-refractivity contribution is 6.35. The number of aromatic amines is 1. The summed E-state index contributed by atoms with van der Waals surface area (Å²) in [7, 11) is 0. The van der Waals surface area contributed by atoms with Gasteiger partial charge in [0.1, 0.15) is 17.8 Å². The molecular formula is C21H22ClN5O4. The number of hydrogen-bond donors (Lipinski definition) is 3. The van der Waals surface area contributed by atoms with Gasteiger partial charge in [0.15, 0.2) is 0 Å². The van der Waals surface area contributed by atoms with Crippen molar-refractivity contribution < 1.29 is 19.1 Å². The Labute approximate surface area is 183 Å². The van der Waals surface area contributed by atoms with E-state index < -0.39 is 18.0 Å². The molecule has 0 spiro atoms. The number of ether oxygens (including phenoxy) is 1. The first-order valence-electron chi connectivity index (χ1n) is 10.1. The Morgan fingerprint density at radius 1 is 1.42 bits per heavy atom. The molecule has 4 rings (SSSR count). The average molecular weight is 444 g/mol. The van der Waals surface area contributed by atoms with Gasteiger partial charge >= 0.3 is 0 Å². The molecular weight excluding hydrogens is 422 g/mol. The molecule has 31 heavy (non-hydrogen) atoms. The van der Waals surface area contributed by atoms with Crippen LogP contribution in [0.1, 0.15) is 23.3 Å². The summed E-state index contributed by atoms with van der Waals surface area (Å²) >= 11 is 6.19. The maximum atomic E-state index is 13.2. The van der Waals surface area contributed by atoms with Crippen molar-refractivity contribution in [3.05, 3.63) is 35.0 Å². The van der Waals surface area contributed by atoms with Gasteiger partial charge in [-0.2, -0.15) is 5.26 Å². The van der Waals surface area contributed by atoms with Gasteiger partial charge in [-0.3, -0.25) is 14.4 Å². The minimum absolute atomic E-state index is 0.0284. The second kappa shape index (κ2) is 8.96. The largest absolute Gasteiger partial charge is 0.377 e. The number of H-pyrrole nitrogens is 1. The van der Waals surface area contributed by atoms with E-state index in [9.17, 15) is 19.6 Å². The minimum Gasteiger partial charge on any atom is -0.377 e. The molecule has 2 aliphatic heterocycles. The van der Waals surface area contributed by atoms with Crippen LogP contribution in [0.4, 0.5) is 0 Å². The summed E-state index contributed by atoms with van der Waals surface area (Å²) in [4.78, 5) is 42.4. The van der Waals surface area contributed by atoms with Crippen molar-refractivity contribution in [3.63, 3.8) is 0 Å². The van der Waals surface area contributed by atoms with E-state index in [1.54, 1.807) is 18.2 Å². The van der Waals surface area contributed by atoms with Crippen molar-refractivity contribution in [1.82, 2.24) is 20.5 Å². The highest BCUT2D eigenvalue weighted by Crippen LogP contribution is 2.25. The summed E-state index contributed by atoms with van der Waals surface area (Å²) in [6.45, 7) is 1.15. The molecule has 9 nitrogen and oxygen atoms in total. The van der Waals surface area contributed by atoms with E-state index in [0.717, 1.165) is 5.39 Å². The van der Waals surface area contributed by atoms with Crippen LogP contribution in [-0.2, 0) is 14.3 Å². The van der Waals surface area contributed by atoms with Crippen LogP contribution >= 0.6 is 11.6 Å². The SMILES string of the molecule is N#C[C@H](C[C@@H]1CCNC1=O)NC(=O)[C@@H]1COCCN1C(=O)c1cc2cccc(Cl)c2[nH]1. The lowest BCUT2D eigenvalue weighted by atomic mass is 9.99. The molecule has 0 radical (unpaired) electrons. The van der Waals surface area contributed by atoms with E-state index in [4.69, 9.17) is 16.3 Å². The van der Waals surface area contributed by atoms with E-state index in [1.807, 2.05) is 12.1 Å². The number of amides is 3. The van der Waals surface area contributed by atoms with Gasteiger partial charge in [0.05, 0.1) is 29.8 Å². The molecule has 2 saturated heterocycles. The number of aromatic nitrogens is 1. The Balaban J connectivity index is 1.48. The van der Waals surface area contributed by atoms with Crippen molar-refractivity contribution >= 4 is 40.2 Å². The zero-order chi connectivity index (χ0) is 22.0. The Morgan fingerprint density at radius 2 is 2.26 bits per heavy atom. The summed E-state index contributed by atoms with van der Waals surface area (Å²) in [5.41, 5.74) is 0.975. The highest BCUT2D eigenvalue weighted by atomic mass is 35.5. The van der Waals surface area contributed by atoms with Gasteiger partial charge in [0.25, 0.3) is 5.91 Å². The van der Waals surface area contributed by atoms with Gasteiger partial charge in [-0.1, -0.05) is 23.7 Å². The minimum atomic E-state index is -0.878. The number of fused-ring (bicyclic) bond motifs is 1. The van der Waals surface area contributed by atoms with Crippen molar-refractivity contribution in [1.29, 1.82) is 5.26 Å². The number of nitrogens with one attached hydrogen (secondary N) is 3. The van der Waals surface area contributed by atoms with Crippen LogP contribution < -0.4 is 10.6 Å². The topological polar surface area (TPSA) is 127 Å². The fourth-order valence-electron chi connectivity index (χ4n) is 4.02. The molecule has 3 heterocycles. The number of nitrogens with zero attached hydrogens (tertiary/aromatic N) is 2. The first kappa shape index (κ1) is 21.2. The fraction of sp³-hybridized carbons (Fsp3) is 0.429. The Morgan fingerprint density at radius 3 is 2.97 bits per heavy atom. The summed E-state index contributed by atoms with van der Waals surface area (Å²) in [5, 5.41) is 16.1. The highest BCUT2D eigenvalue weighted by Gasteiger charge is 2.36. The predicted octanol–water partition coefficient (Wildman–Crippen LogP) is 1.20. The van der Waals surface area contributed by atoms with Crippen LogP contribution in [0.3, 0.4) is 0 Å². The summed E-state index contributed by atoms with van der Waals surface area (Å²) in [5.74, 6) is -1.24. The molecule has 3 atom stereocenters. The van der Waals surface area contributed by atoms with Crippen molar-refractivity contribution in [2.45, 2.75) is 24.9 Å². The maximum Gasteiger partial charge on any atom is 0.271 e. The average Bonchev–Trinajstić information content (AvgIpc) is 3.39. The van der Waals surface area contributed by atoms with Crippen LogP contribution in [0.5, 0.6) is 0 Å². The molecule has 3 amide bonds. The lowest BCUT2D eigenvalue weighted by Gasteiger charge is -2.34. The van der Waals surface area contributed by atoms with E-state index in [1.165, 1.54) is 4.90 Å². The second-order valence-corrected chi connectivity index (χ2v) is 8.09. The van der Waals surface area contributed by atoms with Gasteiger partial charge in [0.2, 0.25) is 11.8 Å². The van der Waals surface area contributed by atoms with Crippen molar-refractivity contribution in [2.24, 2.45) is 5.92 Å². The van der Waals surface area contributed by atoms with Crippen LogP contribution in [0, 0.1) is 17.2 Å². The Kier molecular flexibility index (Phi) is 6.11. The lowest BCUT2D eigenvalue weighted by molar-refractivity contribution is -0.131. The van der Waals surface area contributed by atoms with Gasteiger partial charge in [0, 0.05) is 24.4 Å². The third-order valence-electron chi connectivity index (χ3n) is 5.68. The van der Waals surface area contributed by atoms with Gasteiger partial charge in [-0.05, 0) is 25.0 Å². The number of morpholine rings is 1. The van der Waals surface area contributed by atoms with Crippen LogP contribution in [0.2, 0.25) is 5.02 Å². The number of para-hydroxylation sites is 1. The molecule has 10 heteroatoms. The number of halogens is 1. The lowest BCUT2D eigenvalue weighted by Crippen LogP contribution is -2.57. The summed E-state index contributed by atoms with van der Waals surface area (Å²) < 4.78 is 5.43. The third kappa shape index (κ3) is 4.36. The number of carbonyl (C=O) groups is 3. The zero-order valence-electron chi connectivity index (χ0n) is 16.7. The van der Waals surface area contributed by atoms with Gasteiger partial charge in [-0.25, -0.2) is 0 Å². The molecule has 1 aromatic carbocycles. The smallest absolute Gasteiger partial charge is 0.271 e. The number of nitriles is 1. The van der Waals surface area contributed by atoms with E-state index >= 15 is 0 Å². The third-order valence-corrected chi connectivity index (χ3v) is 6.00. The van der Waals surface area contributed by atoms with E-state index in [0.29, 0.717) is 35.8 Å². The van der Waals surface area contributed by atoms with Crippen LogP contribution in [0.15, 0.2) is 24.3 Å². The van der Waals surface area contributed by atoms with Gasteiger partial charge < -0.3 is 25.3 Å². The molecule has 0 aliphatic carbocycles. The Hall–Kier alpha value is -3.09. The summed E-state index contributed by atoms with van der Waals surface area (Å²) in [6, 6.07) is 7.40. The Bertz CT molecular complexity index is 1060. The molecule has 0 unspecified atom stereocenters. The van der Waals surface area contributed by atoms with Crippen LogP contribution in [0.25, 0.3) is 10.9 Å². The molecule has 1 aromatic heterocycles. The second-order valence-electron chi connectivity index (χ2n) is 7.68. The molecule has 2 fully saturated rings. The fourth-order valence-corrected chi connectivity index (χ4v) is 4.25. The van der Waals surface area contributed by atoms with E-state index in [2.05, 4.69) is 15.6 Å². The molecule has 0 bridgehead atoms. The van der Waals surface area contributed by atoms with Gasteiger partial charge in [-0.15, -0.1) is 0 Å². The van der Waals surface area contributed by atoms with Crippen molar-refractivity contribution in [3.8, 4) is 6.07 Å². The molecule has 162 valence electrons. The predicted molar refractivity (Wildman–Crippen MR) is 112 cm³/mol. The number of rotatable bonds is 5. The molecule has 0 saturated carbocycles. The number of carbonyl (C=O) groups excluding carboxylic acids is 3. The normalized spacial score (nSPS) is 22.1. The first-order valence-corrected chi connectivity index (χ1v) is 10.5. The summed E-state index contributed by atoms with van der Waals surface area (Å²) in [6.07, 6.45) is 0.864. The number of hydrogen-bond acceptors (Lipinski definition) is 5. The standard InChI is InChI=1S/C21H22ClN5O4/c22-15-3-1-2-12-9-16(26-18(12)15)21(30)27-6-7-31-11-17(27)20(29)25-14(10-23)8-13-4-5-24-19(13)28/h1-3,9,13-14,17,26H,4-8,11H2,(H,24,28)(H,25,29)/t13-,14-,17-/m0/s1. The van der Waals surface area contributed by atoms with Crippen LogP contribution in [-0.4, -0.2) is 66.0 Å². The van der Waals surface area contributed by atoms with E-state index in [-0.39, 0.29) is 37.3 Å². The zero-order valence-corrected chi connectivity index (χ0v) is 17.4.